The van der Waals surface area contributed by atoms with Gasteiger partial charge in [-0.3, -0.25) is 4.79 Å². The summed E-state index contributed by atoms with van der Waals surface area (Å²) in [7, 11) is -2.50. The highest BCUT2D eigenvalue weighted by Crippen LogP contribution is 2.27. The molecule has 0 saturated carbocycles. The van der Waals surface area contributed by atoms with Crippen molar-refractivity contribution in [3.8, 4) is 11.5 Å². The lowest BCUT2D eigenvalue weighted by Gasteiger charge is -2.19. The molecule has 9 heteroatoms. The molecule has 0 aliphatic heterocycles. The molecule has 3 rings (SSSR count). The van der Waals surface area contributed by atoms with E-state index in [2.05, 4.69) is 10.0 Å². The van der Waals surface area contributed by atoms with Crippen molar-refractivity contribution in [3.05, 3.63) is 88.9 Å². The maximum Gasteiger partial charge on any atom is 0.241 e. The zero-order valence-corrected chi connectivity index (χ0v) is 20.5. The molecule has 0 radical (unpaired) electrons. The predicted octanol–water partition coefficient (Wildman–Crippen LogP) is 3.95. The minimum Gasteiger partial charge on any atom is -0.496 e. The van der Waals surface area contributed by atoms with Crippen LogP contribution in [0.3, 0.4) is 0 Å². The topological polar surface area (TPSA) is 93.7 Å². The number of methoxy groups -OCH3 is 1. The standard InChI is InChI=1S/C25H27ClN2O5S/c1-3-33-24-14-13-20(16-21(24)26)34(30,31)28-22(15-18-9-5-4-6-10-18)25(29)27-17-19-11-7-8-12-23(19)32-2/h4-14,16,22,28H,3,15,17H2,1-2H3,(H,27,29). The summed E-state index contributed by atoms with van der Waals surface area (Å²) in [6.45, 7) is 2.39. The molecular formula is C25H27ClN2O5S. The lowest BCUT2D eigenvalue weighted by Crippen LogP contribution is -2.47. The molecule has 0 aromatic heterocycles. The van der Waals surface area contributed by atoms with Gasteiger partial charge in [-0.25, -0.2) is 8.42 Å². The second-order valence-electron chi connectivity index (χ2n) is 7.42. The van der Waals surface area contributed by atoms with Gasteiger partial charge in [0.05, 0.1) is 23.6 Å². The smallest absolute Gasteiger partial charge is 0.241 e. The van der Waals surface area contributed by atoms with E-state index in [0.29, 0.717) is 18.1 Å². The summed E-state index contributed by atoms with van der Waals surface area (Å²) in [5.74, 6) is 0.556. The highest BCUT2D eigenvalue weighted by atomic mass is 35.5. The second kappa shape index (κ2) is 11.9. The van der Waals surface area contributed by atoms with Crippen molar-refractivity contribution in [2.45, 2.75) is 30.8 Å². The van der Waals surface area contributed by atoms with Gasteiger partial charge < -0.3 is 14.8 Å². The number of ether oxygens (including phenoxy) is 2. The van der Waals surface area contributed by atoms with Crippen LogP contribution < -0.4 is 19.5 Å². The van der Waals surface area contributed by atoms with Gasteiger partial charge in [-0.1, -0.05) is 60.1 Å². The number of benzene rings is 3. The Balaban J connectivity index is 1.82. The molecule has 0 heterocycles. The van der Waals surface area contributed by atoms with Crippen LogP contribution in [0.1, 0.15) is 18.1 Å². The van der Waals surface area contributed by atoms with Crippen LogP contribution in [0.2, 0.25) is 5.02 Å². The number of halogens is 1. The third-order valence-electron chi connectivity index (χ3n) is 5.06. The molecule has 0 spiro atoms. The van der Waals surface area contributed by atoms with Crippen molar-refractivity contribution in [2.24, 2.45) is 0 Å². The number of carbonyl (C=O) groups is 1. The average Bonchev–Trinajstić information content (AvgIpc) is 2.84. The molecule has 7 nitrogen and oxygen atoms in total. The van der Waals surface area contributed by atoms with Crippen molar-refractivity contribution in [1.82, 2.24) is 10.0 Å². The van der Waals surface area contributed by atoms with Crippen molar-refractivity contribution >= 4 is 27.5 Å². The molecule has 3 aromatic rings. The van der Waals surface area contributed by atoms with Gasteiger partial charge in [0.1, 0.15) is 17.5 Å². The maximum absolute atomic E-state index is 13.1. The van der Waals surface area contributed by atoms with E-state index in [0.717, 1.165) is 11.1 Å². The zero-order valence-electron chi connectivity index (χ0n) is 19.0. The van der Waals surface area contributed by atoms with Gasteiger partial charge in [0, 0.05) is 12.1 Å². The monoisotopic (exact) mass is 502 g/mol. The van der Waals surface area contributed by atoms with E-state index in [4.69, 9.17) is 21.1 Å². The number of amides is 1. The van der Waals surface area contributed by atoms with Crippen LogP contribution >= 0.6 is 11.6 Å². The highest BCUT2D eigenvalue weighted by molar-refractivity contribution is 7.89. The molecule has 0 bridgehead atoms. The lowest BCUT2D eigenvalue weighted by atomic mass is 10.1. The fraction of sp³-hybridized carbons (Fsp3) is 0.240. The van der Waals surface area contributed by atoms with E-state index in [1.54, 1.807) is 20.1 Å². The van der Waals surface area contributed by atoms with E-state index in [-0.39, 0.29) is 22.9 Å². The number of nitrogens with one attached hydrogen (secondary N) is 2. The number of sulfonamides is 1. The number of carbonyl (C=O) groups excluding carboxylic acids is 1. The zero-order chi connectivity index (χ0) is 24.6. The minimum atomic E-state index is -4.05. The average molecular weight is 503 g/mol. The van der Waals surface area contributed by atoms with Crippen LogP contribution in [0.15, 0.2) is 77.7 Å². The molecule has 0 aliphatic carbocycles. The summed E-state index contributed by atoms with van der Waals surface area (Å²) in [6, 6.07) is 19.6. The summed E-state index contributed by atoms with van der Waals surface area (Å²) in [6.07, 6.45) is 0.169. The molecule has 1 atom stereocenters. The fourth-order valence-corrected chi connectivity index (χ4v) is 4.89. The van der Waals surface area contributed by atoms with E-state index in [1.165, 1.54) is 18.2 Å². The molecule has 3 aromatic carbocycles. The van der Waals surface area contributed by atoms with E-state index >= 15 is 0 Å². The summed E-state index contributed by atoms with van der Waals surface area (Å²) < 4.78 is 39.5. The Morgan fingerprint density at radius 2 is 1.71 bits per heavy atom. The number of para-hydroxylation sites is 1. The van der Waals surface area contributed by atoms with Gasteiger partial charge in [0.25, 0.3) is 0 Å². The first-order valence-corrected chi connectivity index (χ1v) is 12.6. The minimum absolute atomic E-state index is 0.0588. The molecule has 0 saturated heterocycles. The SMILES string of the molecule is CCOc1ccc(S(=O)(=O)NC(Cc2ccccc2)C(=O)NCc2ccccc2OC)cc1Cl. The Labute approximate surface area is 205 Å². The van der Waals surface area contributed by atoms with Gasteiger partial charge in [-0.15, -0.1) is 0 Å². The van der Waals surface area contributed by atoms with Gasteiger partial charge in [-0.2, -0.15) is 4.72 Å². The number of hydrogen-bond donors (Lipinski definition) is 2. The van der Waals surface area contributed by atoms with Crippen molar-refractivity contribution < 1.29 is 22.7 Å². The van der Waals surface area contributed by atoms with Crippen molar-refractivity contribution in [3.63, 3.8) is 0 Å². The number of hydrogen-bond acceptors (Lipinski definition) is 5. The summed E-state index contributed by atoms with van der Waals surface area (Å²) in [4.78, 5) is 13.1. The molecule has 0 aliphatic rings. The molecule has 180 valence electrons. The Bertz CT molecular complexity index is 1220. The van der Waals surface area contributed by atoms with E-state index in [1.807, 2.05) is 48.5 Å². The van der Waals surface area contributed by atoms with Gasteiger partial charge in [-0.05, 0) is 43.2 Å². The molecule has 2 N–H and O–H groups in total. The van der Waals surface area contributed by atoms with Gasteiger partial charge in [0.15, 0.2) is 0 Å². The third kappa shape index (κ3) is 6.72. The third-order valence-corrected chi connectivity index (χ3v) is 6.82. The summed E-state index contributed by atoms with van der Waals surface area (Å²) in [5, 5.41) is 2.98. The Hall–Kier alpha value is -3.07. The quantitative estimate of drug-likeness (QED) is 0.414. The highest BCUT2D eigenvalue weighted by Gasteiger charge is 2.27. The molecule has 1 amide bonds. The normalized spacial score (nSPS) is 12.1. The first kappa shape index (κ1) is 25.6. The Kier molecular flexibility index (Phi) is 8.92. The Morgan fingerprint density at radius 3 is 2.38 bits per heavy atom. The van der Waals surface area contributed by atoms with Gasteiger partial charge >= 0.3 is 0 Å². The van der Waals surface area contributed by atoms with Crippen LogP contribution in [0, 0.1) is 0 Å². The number of rotatable bonds is 11. The van der Waals surface area contributed by atoms with Gasteiger partial charge in [0.2, 0.25) is 15.9 Å². The summed E-state index contributed by atoms with van der Waals surface area (Å²) >= 11 is 6.18. The summed E-state index contributed by atoms with van der Waals surface area (Å²) in [5.41, 5.74) is 1.59. The maximum atomic E-state index is 13.1. The Morgan fingerprint density at radius 1 is 1.00 bits per heavy atom. The van der Waals surface area contributed by atoms with Crippen LogP contribution in [-0.4, -0.2) is 34.1 Å². The first-order chi connectivity index (χ1) is 16.3. The van der Waals surface area contributed by atoms with Crippen LogP contribution in [0.4, 0.5) is 0 Å². The molecule has 0 fully saturated rings. The van der Waals surface area contributed by atoms with Crippen molar-refractivity contribution in [2.75, 3.05) is 13.7 Å². The van der Waals surface area contributed by atoms with Crippen LogP contribution in [0.25, 0.3) is 0 Å². The molecular weight excluding hydrogens is 476 g/mol. The van der Waals surface area contributed by atoms with Crippen molar-refractivity contribution in [1.29, 1.82) is 0 Å². The predicted molar refractivity (Wildman–Crippen MR) is 132 cm³/mol. The molecule has 1 unspecified atom stereocenters. The largest absolute Gasteiger partial charge is 0.496 e. The lowest BCUT2D eigenvalue weighted by molar-refractivity contribution is -0.122. The van der Waals surface area contributed by atoms with Crippen LogP contribution in [-0.2, 0) is 27.8 Å². The van der Waals surface area contributed by atoms with E-state index in [9.17, 15) is 13.2 Å². The second-order valence-corrected chi connectivity index (χ2v) is 9.54. The molecule has 34 heavy (non-hydrogen) atoms. The fourth-order valence-electron chi connectivity index (χ4n) is 3.37. The first-order valence-electron chi connectivity index (χ1n) is 10.7. The van der Waals surface area contributed by atoms with Crippen LogP contribution in [0.5, 0.6) is 11.5 Å². The van der Waals surface area contributed by atoms with E-state index < -0.39 is 22.0 Å².